The number of urea groups is 1. The van der Waals surface area contributed by atoms with Gasteiger partial charge < -0.3 is 24.6 Å². The van der Waals surface area contributed by atoms with Gasteiger partial charge in [0.05, 0.1) is 51.1 Å². The van der Waals surface area contributed by atoms with Crippen molar-refractivity contribution in [3.63, 3.8) is 0 Å². The molecule has 0 aliphatic rings. The number of nitrogens with one attached hydrogen (secondary N) is 2. The molecule has 2 aromatic rings. The fraction of sp³-hybridized carbons (Fsp3) is 0.462. The Morgan fingerprint density at radius 1 is 1.09 bits per heavy atom. The molecule has 2 rings (SSSR count). The van der Waals surface area contributed by atoms with Crippen molar-refractivity contribution in [2.24, 2.45) is 0 Å². The summed E-state index contributed by atoms with van der Waals surface area (Å²) in [4.78, 5) is 12.2. The fourth-order valence-corrected chi connectivity index (χ4v) is 4.00. The Balaban J connectivity index is 1.86. The summed E-state index contributed by atoms with van der Waals surface area (Å²) in [6, 6.07) is 16.6. The second-order valence-corrected chi connectivity index (χ2v) is 8.67. The maximum Gasteiger partial charge on any atom is 0.319 e. The highest BCUT2D eigenvalue weighted by Gasteiger charge is 2.25. The van der Waals surface area contributed by atoms with E-state index < -0.39 is 0 Å². The van der Waals surface area contributed by atoms with E-state index in [-0.39, 0.29) is 6.03 Å². The van der Waals surface area contributed by atoms with Crippen molar-refractivity contribution in [3.05, 3.63) is 64.7 Å². The maximum absolute atomic E-state index is 12.2. The van der Waals surface area contributed by atoms with Crippen LogP contribution in [0.15, 0.2) is 48.5 Å². The third-order valence-electron chi connectivity index (χ3n) is 5.94. The first-order chi connectivity index (χ1) is 16.5. The number of halogens is 1. The molecule has 0 saturated carbocycles. The third-order valence-corrected chi connectivity index (χ3v) is 6.18. The SMILES string of the molecule is CC[N+](CCCNC(=O)Nc1ccc(C#N)cc1)(CCOCCOC)CCc1cccc(Cl)c1. The lowest BCUT2D eigenvalue weighted by Gasteiger charge is -2.38. The van der Waals surface area contributed by atoms with Crippen LogP contribution in [0.25, 0.3) is 0 Å². The zero-order chi connectivity index (χ0) is 24.7. The lowest BCUT2D eigenvalue weighted by atomic mass is 10.1. The number of benzene rings is 2. The van der Waals surface area contributed by atoms with Gasteiger partial charge in [0.25, 0.3) is 0 Å². The normalized spacial score (nSPS) is 12.5. The number of rotatable bonds is 15. The molecule has 2 N–H and O–H groups in total. The number of methoxy groups -OCH3 is 1. The first-order valence-electron chi connectivity index (χ1n) is 11.7. The Bertz CT molecular complexity index is 917. The predicted molar refractivity (Wildman–Crippen MR) is 136 cm³/mol. The molecule has 0 radical (unpaired) electrons. The molecule has 0 aliphatic carbocycles. The number of carbonyl (C=O) groups is 1. The number of hydrogen-bond donors (Lipinski definition) is 2. The molecule has 0 spiro atoms. The molecule has 1 atom stereocenters. The Labute approximate surface area is 208 Å². The van der Waals surface area contributed by atoms with Crippen LogP contribution in [-0.4, -0.2) is 70.2 Å². The molecular formula is C26H36ClN4O3+. The monoisotopic (exact) mass is 487 g/mol. The van der Waals surface area contributed by atoms with Crippen molar-refractivity contribution in [2.75, 3.05) is 65.0 Å². The third kappa shape index (κ3) is 10.1. The summed E-state index contributed by atoms with van der Waals surface area (Å²) in [5.74, 6) is 0. The molecule has 0 heterocycles. The van der Waals surface area contributed by atoms with Crippen molar-refractivity contribution >= 4 is 23.3 Å². The van der Waals surface area contributed by atoms with Crippen molar-refractivity contribution in [1.29, 1.82) is 5.26 Å². The van der Waals surface area contributed by atoms with Gasteiger partial charge in [0, 0.05) is 37.2 Å². The maximum atomic E-state index is 12.2. The lowest BCUT2D eigenvalue weighted by molar-refractivity contribution is -0.926. The average molecular weight is 488 g/mol. The van der Waals surface area contributed by atoms with Crippen LogP contribution < -0.4 is 10.6 Å². The van der Waals surface area contributed by atoms with Gasteiger partial charge in [-0.3, -0.25) is 0 Å². The van der Waals surface area contributed by atoms with Crippen molar-refractivity contribution in [1.82, 2.24) is 5.32 Å². The van der Waals surface area contributed by atoms with Gasteiger partial charge in [-0.1, -0.05) is 23.7 Å². The summed E-state index contributed by atoms with van der Waals surface area (Å²) in [6.07, 6.45) is 1.78. The molecule has 2 aromatic carbocycles. The van der Waals surface area contributed by atoms with Gasteiger partial charge in [0.15, 0.2) is 0 Å². The molecule has 1 unspecified atom stereocenters. The summed E-state index contributed by atoms with van der Waals surface area (Å²) >= 11 is 6.17. The zero-order valence-electron chi connectivity index (χ0n) is 20.2. The molecular weight excluding hydrogens is 452 g/mol. The number of carbonyl (C=O) groups excluding carboxylic acids is 1. The van der Waals surface area contributed by atoms with Gasteiger partial charge >= 0.3 is 6.03 Å². The topological polar surface area (TPSA) is 83.4 Å². The molecule has 0 fully saturated rings. The Morgan fingerprint density at radius 2 is 1.88 bits per heavy atom. The standard InChI is InChI=1S/C26H35ClN4O3/c1-3-31(16-17-34-19-18-33-2,15-12-22-6-4-7-24(27)20-22)14-5-13-29-26(32)30-25-10-8-23(21-28)9-11-25/h4,6-11,20H,3,5,12-19H2,1-2H3,(H-,29,30,32)/p+1. The highest BCUT2D eigenvalue weighted by atomic mass is 35.5. The van der Waals surface area contributed by atoms with Gasteiger partial charge in [0.1, 0.15) is 6.54 Å². The Morgan fingerprint density at radius 3 is 2.56 bits per heavy atom. The van der Waals surface area contributed by atoms with E-state index in [0.717, 1.165) is 48.5 Å². The highest BCUT2D eigenvalue weighted by Crippen LogP contribution is 2.15. The van der Waals surface area contributed by atoms with Gasteiger partial charge in [-0.2, -0.15) is 5.26 Å². The fourth-order valence-electron chi connectivity index (χ4n) is 3.79. The summed E-state index contributed by atoms with van der Waals surface area (Å²) in [6.45, 7) is 8.41. The van der Waals surface area contributed by atoms with Crippen molar-refractivity contribution < 1.29 is 18.8 Å². The molecule has 0 saturated heterocycles. The number of nitrogens with zero attached hydrogens (tertiary/aromatic N) is 2. The largest absolute Gasteiger partial charge is 0.382 e. The molecule has 2 amide bonds. The van der Waals surface area contributed by atoms with Crippen molar-refractivity contribution in [2.45, 2.75) is 19.8 Å². The lowest BCUT2D eigenvalue weighted by Crippen LogP contribution is -2.52. The first kappa shape index (κ1) is 27.6. The summed E-state index contributed by atoms with van der Waals surface area (Å²) in [5.41, 5.74) is 2.44. The second kappa shape index (κ2) is 15.3. The van der Waals surface area contributed by atoms with E-state index in [2.05, 4.69) is 29.7 Å². The molecule has 8 heteroatoms. The molecule has 184 valence electrons. The number of anilines is 1. The van der Waals surface area contributed by atoms with Crippen LogP contribution in [0.3, 0.4) is 0 Å². The van der Waals surface area contributed by atoms with Crippen LogP contribution in [-0.2, 0) is 15.9 Å². The predicted octanol–water partition coefficient (Wildman–Crippen LogP) is 4.47. The van der Waals surface area contributed by atoms with E-state index >= 15 is 0 Å². The van der Waals surface area contributed by atoms with Gasteiger partial charge in [-0.15, -0.1) is 0 Å². The molecule has 7 nitrogen and oxygen atoms in total. The number of ether oxygens (including phenoxy) is 2. The smallest absolute Gasteiger partial charge is 0.319 e. The number of quaternary nitrogens is 1. The highest BCUT2D eigenvalue weighted by molar-refractivity contribution is 6.30. The van der Waals surface area contributed by atoms with Crippen LogP contribution in [0.5, 0.6) is 0 Å². The van der Waals surface area contributed by atoms with E-state index in [0.29, 0.717) is 37.6 Å². The summed E-state index contributed by atoms with van der Waals surface area (Å²) in [5, 5.41) is 15.4. The van der Waals surface area contributed by atoms with Crippen LogP contribution >= 0.6 is 11.6 Å². The average Bonchev–Trinajstić information content (AvgIpc) is 2.85. The van der Waals surface area contributed by atoms with E-state index in [4.69, 9.17) is 26.3 Å². The van der Waals surface area contributed by atoms with Crippen LogP contribution in [0.2, 0.25) is 5.02 Å². The van der Waals surface area contributed by atoms with E-state index in [1.165, 1.54) is 5.56 Å². The van der Waals surface area contributed by atoms with Crippen LogP contribution in [0.1, 0.15) is 24.5 Å². The minimum atomic E-state index is -0.249. The number of amides is 2. The van der Waals surface area contributed by atoms with Crippen LogP contribution in [0, 0.1) is 11.3 Å². The van der Waals surface area contributed by atoms with Gasteiger partial charge in [-0.05, 0) is 48.9 Å². The Hall–Kier alpha value is -2.63. The van der Waals surface area contributed by atoms with E-state index in [9.17, 15) is 4.79 Å². The Kier molecular flexibility index (Phi) is 12.4. The summed E-state index contributed by atoms with van der Waals surface area (Å²) in [7, 11) is 1.67. The second-order valence-electron chi connectivity index (χ2n) is 8.24. The van der Waals surface area contributed by atoms with E-state index in [1.807, 2.05) is 18.2 Å². The summed E-state index contributed by atoms with van der Waals surface area (Å²) < 4.78 is 11.7. The quantitative estimate of drug-likeness (QED) is 0.287. The zero-order valence-corrected chi connectivity index (χ0v) is 20.9. The molecule has 34 heavy (non-hydrogen) atoms. The minimum absolute atomic E-state index is 0.249. The number of nitriles is 1. The van der Waals surface area contributed by atoms with Gasteiger partial charge in [0.2, 0.25) is 0 Å². The first-order valence-corrected chi connectivity index (χ1v) is 12.1. The van der Waals surface area contributed by atoms with Crippen LogP contribution in [0.4, 0.5) is 10.5 Å². The number of likely N-dealkylation sites (N-methyl/N-ethyl adjacent to an activating group) is 1. The minimum Gasteiger partial charge on any atom is -0.382 e. The van der Waals surface area contributed by atoms with Gasteiger partial charge in [-0.25, -0.2) is 4.79 Å². The number of hydrogen-bond acceptors (Lipinski definition) is 4. The molecule has 0 bridgehead atoms. The molecule has 0 aliphatic heterocycles. The molecule has 0 aromatic heterocycles. The van der Waals surface area contributed by atoms with Crippen molar-refractivity contribution in [3.8, 4) is 6.07 Å². The van der Waals surface area contributed by atoms with E-state index in [1.54, 1.807) is 31.4 Å².